The topological polar surface area (TPSA) is 54.0 Å². The predicted octanol–water partition coefficient (Wildman–Crippen LogP) is 4.82. The fraction of sp³-hybridized carbons (Fsp3) is 0.368. The molecule has 1 amide bonds. The molecule has 0 saturated carbocycles. The number of rotatable bonds is 8. The average Bonchev–Trinajstić information content (AvgIpc) is 2.56. The number of benzene rings is 1. The van der Waals surface area contributed by atoms with Gasteiger partial charge in [0.15, 0.2) is 0 Å². The summed E-state index contributed by atoms with van der Waals surface area (Å²) in [6.07, 6.45) is 5.00. The van der Waals surface area contributed by atoms with Crippen LogP contribution in [-0.4, -0.2) is 24.0 Å². The number of carbonyl (C=O) groups excluding carboxylic acids is 1. The van der Waals surface area contributed by atoms with Crippen molar-refractivity contribution in [1.82, 2.24) is 10.3 Å². The number of nitrogens with one attached hydrogen (secondary N) is 2. The molecular weight excluding hydrogens is 357 g/mol. The van der Waals surface area contributed by atoms with Crippen LogP contribution >= 0.6 is 23.2 Å². The molecule has 1 aromatic heterocycles. The van der Waals surface area contributed by atoms with Crippen LogP contribution in [0.5, 0.6) is 0 Å². The summed E-state index contributed by atoms with van der Waals surface area (Å²) in [6, 6.07) is 7.19. The van der Waals surface area contributed by atoms with E-state index < -0.39 is 0 Å². The molecule has 0 radical (unpaired) electrons. The average molecular weight is 380 g/mol. The Balaban J connectivity index is 1.86. The van der Waals surface area contributed by atoms with Crippen molar-refractivity contribution in [3.8, 4) is 0 Å². The Morgan fingerprint density at radius 2 is 1.96 bits per heavy atom. The van der Waals surface area contributed by atoms with E-state index in [9.17, 15) is 4.79 Å². The summed E-state index contributed by atoms with van der Waals surface area (Å²) in [5.74, 6) is 0.483. The van der Waals surface area contributed by atoms with E-state index in [0.717, 1.165) is 24.2 Å². The van der Waals surface area contributed by atoms with Crippen molar-refractivity contribution in [3.05, 3.63) is 57.8 Å². The van der Waals surface area contributed by atoms with Crippen molar-refractivity contribution in [2.45, 2.75) is 26.7 Å². The van der Waals surface area contributed by atoms with Gasteiger partial charge < -0.3 is 10.6 Å². The minimum absolute atomic E-state index is 0.148. The van der Waals surface area contributed by atoms with Gasteiger partial charge in [-0.1, -0.05) is 43.1 Å². The van der Waals surface area contributed by atoms with Crippen molar-refractivity contribution in [2.75, 3.05) is 18.4 Å². The first-order valence-corrected chi connectivity index (χ1v) is 9.12. The highest BCUT2D eigenvalue weighted by Crippen LogP contribution is 2.21. The molecule has 2 aromatic rings. The lowest BCUT2D eigenvalue weighted by Crippen LogP contribution is -2.26. The van der Waals surface area contributed by atoms with Gasteiger partial charge in [0, 0.05) is 35.5 Å². The first kappa shape index (κ1) is 19.5. The van der Waals surface area contributed by atoms with Crippen molar-refractivity contribution >= 4 is 34.8 Å². The molecule has 0 spiro atoms. The molecule has 0 fully saturated rings. The van der Waals surface area contributed by atoms with Crippen LogP contribution in [0.2, 0.25) is 10.0 Å². The number of nitrogens with zero attached hydrogens (tertiary/aromatic N) is 1. The van der Waals surface area contributed by atoms with Gasteiger partial charge in [-0.2, -0.15) is 0 Å². The molecule has 0 bridgehead atoms. The lowest BCUT2D eigenvalue weighted by Gasteiger charge is -2.10. The van der Waals surface area contributed by atoms with Crippen LogP contribution in [0, 0.1) is 5.92 Å². The summed E-state index contributed by atoms with van der Waals surface area (Å²) in [4.78, 5) is 16.4. The molecule has 6 heteroatoms. The Hall–Kier alpha value is -1.78. The molecule has 2 N–H and O–H groups in total. The first-order valence-electron chi connectivity index (χ1n) is 8.36. The van der Waals surface area contributed by atoms with E-state index in [1.54, 1.807) is 24.5 Å². The second-order valence-electron chi connectivity index (χ2n) is 6.31. The molecule has 0 saturated heterocycles. The maximum absolute atomic E-state index is 12.3. The van der Waals surface area contributed by atoms with Crippen LogP contribution in [0.15, 0.2) is 36.7 Å². The van der Waals surface area contributed by atoms with Gasteiger partial charge in [0.2, 0.25) is 0 Å². The van der Waals surface area contributed by atoms with Gasteiger partial charge in [0.05, 0.1) is 11.3 Å². The molecule has 0 unspecified atom stereocenters. The number of pyridine rings is 1. The third-order valence-corrected chi connectivity index (χ3v) is 4.33. The molecule has 0 aliphatic heterocycles. The van der Waals surface area contributed by atoms with Crippen LogP contribution in [0.4, 0.5) is 5.69 Å². The maximum atomic E-state index is 12.3. The summed E-state index contributed by atoms with van der Waals surface area (Å²) < 4.78 is 0. The zero-order chi connectivity index (χ0) is 18.2. The highest BCUT2D eigenvalue weighted by molar-refractivity contribution is 6.35. The van der Waals surface area contributed by atoms with Crippen molar-refractivity contribution in [2.24, 2.45) is 5.92 Å². The number of halogens is 2. The zero-order valence-corrected chi connectivity index (χ0v) is 16.0. The lowest BCUT2D eigenvalue weighted by atomic mass is 10.1. The summed E-state index contributed by atoms with van der Waals surface area (Å²) in [7, 11) is 0. The van der Waals surface area contributed by atoms with Gasteiger partial charge in [-0.15, -0.1) is 0 Å². The van der Waals surface area contributed by atoms with Gasteiger partial charge >= 0.3 is 0 Å². The third-order valence-electron chi connectivity index (χ3n) is 3.75. The lowest BCUT2D eigenvalue weighted by molar-refractivity contribution is 0.0954. The van der Waals surface area contributed by atoms with E-state index in [2.05, 4.69) is 29.5 Å². The van der Waals surface area contributed by atoms with Gasteiger partial charge in [0.25, 0.3) is 5.91 Å². The number of hydrogen-bond donors (Lipinski definition) is 2. The van der Waals surface area contributed by atoms with Gasteiger partial charge in [0.1, 0.15) is 0 Å². The van der Waals surface area contributed by atoms with Gasteiger partial charge in [-0.05, 0) is 42.5 Å². The monoisotopic (exact) mass is 379 g/mol. The van der Waals surface area contributed by atoms with Gasteiger partial charge in [-0.25, -0.2) is 0 Å². The largest absolute Gasteiger partial charge is 0.384 e. The molecule has 0 aliphatic rings. The van der Waals surface area contributed by atoms with E-state index in [1.165, 1.54) is 0 Å². The quantitative estimate of drug-likeness (QED) is 0.691. The van der Waals surface area contributed by atoms with Crippen LogP contribution in [-0.2, 0) is 6.42 Å². The maximum Gasteiger partial charge on any atom is 0.252 e. The smallest absolute Gasteiger partial charge is 0.252 e. The van der Waals surface area contributed by atoms with Gasteiger partial charge in [-0.3, -0.25) is 9.78 Å². The minimum atomic E-state index is -0.148. The van der Waals surface area contributed by atoms with Crippen LogP contribution in [0.3, 0.4) is 0 Å². The van der Waals surface area contributed by atoms with Crippen molar-refractivity contribution in [1.29, 1.82) is 0 Å². The minimum Gasteiger partial charge on any atom is -0.384 e. The van der Waals surface area contributed by atoms with Crippen molar-refractivity contribution < 1.29 is 4.79 Å². The molecule has 25 heavy (non-hydrogen) atoms. The standard InChI is InChI=1S/C19H23Cl2N3O/c1-13(2)5-7-23-17-9-15(11-22-12-17)19(25)24-8-6-14-3-4-16(20)10-18(14)21/h3-4,9-13,23H,5-8H2,1-2H3,(H,24,25). The van der Waals surface area contributed by atoms with E-state index in [1.807, 2.05) is 12.1 Å². The summed E-state index contributed by atoms with van der Waals surface area (Å²) in [6.45, 7) is 5.71. The number of aromatic nitrogens is 1. The Morgan fingerprint density at radius 3 is 2.68 bits per heavy atom. The fourth-order valence-electron chi connectivity index (χ4n) is 2.30. The van der Waals surface area contributed by atoms with E-state index in [4.69, 9.17) is 23.2 Å². The van der Waals surface area contributed by atoms with Crippen LogP contribution in [0.25, 0.3) is 0 Å². The summed E-state index contributed by atoms with van der Waals surface area (Å²) in [5, 5.41) is 7.40. The number of carbonyl (C=O) groups is 1. The van der Waals surface area contributed by atoms with E-state index in [0.29, 0.717) is 34.5 Å². The molecular formula is C19H23Cl2N3O. The molecule has 2 rings (SSSR count). The second kappa shape index (κ2) is 9.64. The Labute approximate surface area is 158 Å². The third kappa shape index (κ3) is 6.56. The highest BCUT2D eigenvalue weighted by atomic mass is 35.5. The van der Waals surface area contributed by atoms with Crippen LogP contribution in [0.1, 0.15) is 36.2 Å². The number of amides is 1. The normalized spacial score (nSPS) is 10.8. The molecule has 0 aliphatic carbocycles. The van der Waals surface area contributed by atoms with Crippen LogP contribution < -0.4 is 10.6 Å². The summed E-state index contributed by atoms with van der Waals surface area (Å²) >= 11 is 12.0. The van der Waals surface area contributed by atoms with E-state index >= 15 is 0 Å². The highest BCUT2D eigenvalue weighted by Gasteiger charge is 2.08. The Bertz CT molecular complexity index is 720. The number of anilines is 1. The zero-order valence-electron chi connectivity index (χ0n) is 14.5. The SMILES string of the molecule is CC(C)CCNc1cncc(C(=O)NCCc2ccc(Cl)cc2Cl)c1. The predicted molar refractivity (Wildman–Crippen MR) is 105 cm³/mol. The molecule has 1 aromatic carbocycles. The molecule has 4 nitrogen and oxygen atoms in total. The second-order valence-corrected chi connectivity index (χ2v) is 7.16. The number of hydrogen-bond acceptors (Lipinski definition) is 3. The molecule has 134 valence electrons. The molecule has 1 heterocycles. The van der Waals surface area contributed by atoms with Crippen molar-refractivity contribution in [3.63, 3.8) is 0 Å². The Kier molecular flexibility index (Phi) is 7.53. The fourth-order valence-corrected chi connectivity index (χ4v) is 2.81. The first-order chi connectivity index (χ1) is 12.0. The summed E-state index contributed by atoms with van der Waals surface area (Å²) in [5.41, 5.74) is 2.35. The van der Waals surface area contributed by atoms with E-state index in [-0.39, 0.29) is 5.91 Å². The Morgan fingerprint density at radius 1 is 1.16 bits per heavy atom. The molecule has 0 atom stereocenters.